The zero-order valence-corrected chi connectivity index (χ0v) is 20.9. The van der Waals surface area contributed by atoms with Crippen LogP contribution in [0.4, 0.5) is 9.52 Å². The first kappa shape index (κ1) is 23.8. The Morgan fingerprint density at radius 1 is 1.19 bits per heavy atom. The molecule has 4 aromatic heterocycles. The Kier molecular flexibility index (Phi) is 6.37. The number of nitrogens with one attached hydrogen (secondary N) is 2. The van der Waals surface area contributed by atoms with Crippen LogP contribution in [-0.4, -0.2) is 30.1 Å². The van der Waals surface area contributed by atoms with Gasteiger partial charge in [0.1, 0.15) is 22.6 Å². The Labute approximate surface area is 212 Å². The first-order chi connectivity index (χ1) is 17.4. The summed E-state index contributed by atoms with van der Waals surface area (Å²) in [5.41, 5.74) is 1.86. The number of aromatic nitrogens is 5. The number of nitrogens with zero attached hydrogens (tertiary/aromatic N) is 5. The second kappa shape index (κ2) is 9.63. The lowest BCUT2D eigenvalue weighted by molar-refractivity contribution is 0.102. The van der Waals surface area contributed by atoms with Gasteiger partial charge in [0.2, 0.25) is 5.13 Å². The largest absolute Gasteiger partial charge is 0.310 e. The van der Waals surface area contributed by atoms with Gasteiger partial charge in [0.25, 0.3) is 11.5 Å². The molecule has 2 N–H and O–H groups in total. The molecule has 0 saturated carbocycles. The minimum absolute atomic E-state index is 0.0200. The molecule has 0 aliphatic carbocycles. The molecular weight excluding hydrogens is 501 g/mol. The van der Waals surface area contributed by atoms with Crippen LogP contribution in [-0.2, 0) is 12.3 Å². The highest BCUT2D eigenvalue weighted by Gasteiger charge is 2.19. The van der Waals surface area contributed by atoms with Gasteiger partial charge in [-0.25, -0.2) is 9.37 Å². The lowest BCUT2D eigenvalue weighted by Crippen LogP contribution is -2.31. The van der Waals surface area contributed by atoms with E-state index < -0.39 is 5.91 Å². The van der Waals surface area contributed by atoms with Gasteiger partial charge in [-0.15, -0.1) is 10.2 Å². The minimum atomic E-state index is -0.584. The number of hydrogen-bond donors (Lipinski definition) is 2. The van der Waals surface area contributed by atoms with Crippen molar-refractivity contribution in [3.05, 3.63) is 87.0 Å². The maximum absolute atomic E-state index is 13.9. The third-order valence-electron chi connectivity index (χ3n) is 5.63. The molecule has 0 unspecified atom stereocenters. The first-order valence-electron chi connectivity index (χ1n) is 11.0. The highest BCUT2D eigenvalue weighted by Crippen LogP contribution is 2.29. The molecule has 0 fully saturated rings. The molecule has 0 atom stereocenters. The van der Waals surface area contributed by atoms with Crippen molar-refractivity contribution < 1.29 is 9.18 Å². The number of anilines is 1. The molecule has 0 spiro atoms. The SMILES string of the molecule is CCn1c(=N)c(C(=O)Nc2nnc(SCc3ccccc3F)s2)cc2c(=O)n3cccc(C)c3nc21. The average molecular weight is 522 g/mol. The Morgan fingerprint density at radius 3 is 2.78 bits per heavy atom. The normalized spacial score (nSPS) is 11.3. The molecule has 12 heteroatoms. The van der Waals surface area contributed by atoms with Crippen molar-refractivity contribution in [1.29, 1.82) is 5.41 Å². The summed E-state index contributed by atoms with van der Waals surface area (Å²) in [4.78, 5) is 31.0. The molecule has 36 heavy (non-hydrogen) atoms. The predicted molar refractivity (Wildman–Crippen MR) is 137 cm³/mol. The van der Waals surface area contributed by atoms with Gasteiger partial charge >= 0.3 is 0 Å². The number of carbonyl (C=O) groups excluding carboxylic acids is 1. The monoisotopic (exact) mass is 521 g/mol. The summed E-state index contributed by atoms with van der Waals surface area (Å²) in [6, 6.07) is 11.5. The Balaban J connectivity index is 1.46. The Hall–Kier alpha value is -3.90. The van der Waals surface area contributed by atoms with Crippen LogP contribution in [0.2, 0.25) is 0 Å². The van der Waals surface area contributed by atoms with Gasteiger partial charge in [-0.05, 0) is 43.2 Å². The molecule has 5 aromatic rings. The van der Waals surface area contributed by atoms with Crippen LogP contribution in [0.25, 0.3) is 16.7 Å². The van der Waals surface area contributed by atoms with Crippen molar-refractivity contribution >= 4 is 50.8 Å². The molecule has 0 aliphatic heterocycles. The van der Waals surface area contributed by atoms with E-state index >= 15 is 0 Å². The minimum Gasteiger partial charge on any atom is -0.310 e. The zero-order chi connectivity index (χ0) is 25.4. The molecule has 0 saturated heterocycles. The molecular formula is C24H20FN7O2S2. The number of pyridine rings is 2. The zero-order valence-electron chi connectivity index (χ0n) is 19.3. The number of carbonyl (C=O) groups is 1. The number of thioether (sulfide) groups is 1. The average Bonchev–Trinajstić information content (AvgIpc) is 3.31. The van der Waals surface area contributed by atoms with Crippen molar-refractivity contribution in [2.24, 2.45) is 0 Å². The molecule has 9 nitrogen and oxygen atoms in total. The van der Waals surface area contributed by atoms with Crippen LogP contribution in [0.3, 0.4) is 0 Å². The van der Waals surface area contributed by atoms with Gasteiger partial charge in [0, 0.05) is 18.5 Å². The molecule has 4 heterocycles. The number of fused-ring (bicyclic) bond motifs is 2. The smallest absolute Gasteiger partial charge is 0.267 e. The van der Waals surface area contributed by atoms with E-state index in [1.807, 2.05) is 19.9 Å². The van der Waals surface area contributed by atoms with E-state index in [4.69, 9.17) is 5.41 Å². The molecule has 182 valence electrons. The van der Waals surface area contributed by atoms with Gasteiger partial charge < -0.3 is 4.57 Å². The van der Waals surface area contributed by atoms with Crippen LogP contribution < -0.4 is 16.4 Å². The number of hydrogen-bond acceptors (Lipinski definition) is 8. The van der Waals surface area contributed by atoms with Crippen LogP contribution in [0.15, 0.2) is 57.8 Å². The topological polar surface area (TPSA) is 118 Å². The fraction of sp³-hybridized carbons (Fsp3) is 0.167. The van der Waals surface area contributed by atoms with Crippen LogP contribution >= 0.6 is 23.1 Å². The van der Waals surface area contributed by atoms with Gasteiger partial charge in [-0.2, -0.15) is 0 Å². The summed E-state index contributed by atoms with van der Waals surface area (Å²) < 4.78 is 17.4. The fourth-order valence-corrected chi connectivity index (χ4v) is 5.55. The maximum atomic E-state index is 13.9. The van der Waals surface area contributed by atoms with E-state index in [1.165, 1.54) is 32.9 Å². The van der Waals surface area contributed by atoms with Crippen molar-refractivity contribution in [3.63, 3.8) is 0 Å². The van der Waals surface area contributed by atoms with E-state index in [2.05, 4.69) is 20.5 Å². The lowest BCUT2D eigenvalue weighted by atomic mass is 10.2. The van der Waals surface area contributed by atoms with Gasteiger partial charge in [0.15, 0.2) is 4.34 Å². The second-order valence-electron chi connectivity index (χ2n) is 7.90. The summed E-state index contributed by atoms with van der Waals surface area (Å²) in [5.74, 6) is -0.503. The first-order valence-corrected chi connectivity index (χ1v) is 12.8. The molecule has 1 aromatic carbocycles. The number of benzene rings is 1. The Morgan fingerprint density at radius 2 is 2.00 bits per heavy atom. The highest BCUT2D eigenvalue weighted by molar-refractivity contribution is 8.00. The summed E-state index contributed by atoms with van der Waals surface area (Å²) in [7, 11) is 0. The molecule has 1 amide bonds. The number of amides is 1. The van der Waals surface area contributed by atoms with E-state index in [0.717, 1.165) is 16.9 Å². The number of aryl methyl sites for hydroxylation is 2. The molecule has 5 rings (SSSR count). The summed E-state index contributed by atoms with van der Waals surface area (Å²) in [6.07, 6.45) is 1.63. The molecule has 0 bridgehead atoms. The maximum Gasteiger partial charge on any atom is 0.267 e. The standard InChI is InChI=1S/C24H20FN7O2S2/c1-3-31-18(26)15(11-16-20(31)27-19-13(2)7-6-10-32(19)22(16)34)21(33)28-23-29-30-24(36-23)35-12-14-8-4-5-9-17(14)25/h4-11,26H,3,12H2,1-2H3,(H,28,29,33). The predicted octanol–water partition coefficient (Wildman–Crippen LogP) is 3.99. The summed E-state index contributed by atoms with van der Waals surface area (Å²) in [5, 5.41) is 19.8. The molecule has 0 aliphatic rings. The van der Waals surface area contributed by atoms with E-state index in [-0.39, 0.29) is 32.9 Å². The van der Waals surface area contributed by atoms with E-state index in [9.17, 15) is 14.0 Å². The van der Waals surface area contributed by atoms with Crippen molar-refractivity contribution in [2.75, 3.05) is 5.32 Å². The lowest BCUT2D eigenvalue weighted by Gasteiger charge is -2.13. The molecule has 0 radical (unpaired) electrons. The summed E-state index contributed by atoms with van der Waals surface area (Å²) >= 11 is 2.45. The number of rotatable bonds is 6. The summed E-state index contributed by atoms with van der Waals surface area (Å²) in [6.45, 7) is 4.03. The van der Waals surface area contributed by atoms with Crippen molar-refractivity contribution in [2.45, 2.75) is 30.5 Å². The van der Waals surface area contributed by atoms with E-state index in [0.29, 0.717) is 33.5 Å². The highest BCUT2D eigenvalue weighted by atomic mass is 32.2. The van der Waals surface area contributed by atoms with Crippen molar-refractivity contribution in [1.82, 2.24) is 24.1 Å². The third-order valence-corrected chi connectivity index (χ3v) is 7.65. The quantitative estimate of drug-likeness (QED) is 0.198. The van der Waals surface area contributed by atoms with Gasteiger partial charge in [0.05, 0.1) is 10.9 Å². The van der Waals surface area contributed by atoms with Crippen LogP contribution in [0.1, 0.15) is 28.4 Å². The van der Waals surface area contributed by atoms with Crippen LogP contribution in [0, 0.1) is 18.2 Å². The van der Waals surface area contributed by atoms with E-state index in [1.54, 1.807) is 30.5 Å². The van der Waals surface area contributed by atoms with Gasteiger partial charge in [-0.1, -0.05) is 47.4 Å². The van der Waals surface area contributed by atoms with Crippen molar-refractivity contribution in [3.8, 4) is 0 Å². The van der Waals surface area contributed by atoms with Gasteiger partial charge in [-0.3, -0.25) is 24.7 Å². The van der Waals surface area contributed by atoms with Crippen LogP contribution in [0.5, 0.6) is 0 Å². The Bertz CT molecular complexity index is 1760. The third kappa shape index (κ3) is 4.29. The fourth-order valence-electron chi connectivity index (χ4n) is 3.82. The second-order valence-corrected chi connectivity index (χ2v) is 10.1. The number of halogens is 1.